The summed E-state index contributed by atoms with van der Waals surface area (Å²) in [5.74, 6) is 5.08. The normalized spacial score (nSPS) is 18.9. The van der Waals surface area contributed by atoms with E-state index in [1.165, 1.54) is 0 Å². The lowest BCUT2D eigenvalue weighted by atomic mass is 10.1. The van der Waals surface area contributed by atoms with Crippen molar-refractivity contribution in [3.05, 3.63) is 29.8 Å². The number of nitrogens with one attached hydrogen (secondary N) is 2. The number of hydrogen-bond acceptors (Lipinski definition) is 4. The summed E-state index contributed by atoms with van der Waals surface area (Å²) in [6, 6.07) is 6.50. The Kier molecular flexibility index (Phi) is 4.01. The highest BCUT2D eigenvalue weighted by Gasteiger charge is 2.31. The highest BCUT2D eigenvalue weighted by molar-refractivity contribution is 5.98. The summed E-state index contributed by atoms with van der Waals surface area (Å²) in [6.45, 7) is 2.95. The van der Waals surface area contributed by atoms with Gasteiger partial charge in [0.25, 0.3) is 5.91 Å². The van der Waals surface area contributed by atoms with Crippen LogP contribution in [0.5, 0.6) is 0 Å². The van der Waals surface area contributed by atoms with Gasteiger partial charge >= 0.3 is 0 Å². The second-order valence-corrected chi connectivity index (χ2v) is 4.44. The Hall–Kier alpha value is -2.08. The maximum atomic E-state index is 12.4. The topological polar surface area (TPSA) is 87.5 Å². The van der Waals surface area contributed by atoms with Crippen LogP contribution in [0, 0.1) is 0 Å². The predicted molar refractivity (Wildman–Crippen MR) is 72.4 cm³/mol. The van der Waals surface area contributed by atoms with Crippen LogP contribution in [-0.4, -0.2) is 35.8 Å². The summed E-state index contributed by atoms with van der Waals surface area (Å²) >= 11 is 0. The fraction of sp³-hybridized carbons (Fsp3) is 0.385. The molecule has 19 heavy (non-hydrogen) atoms. The van der Waals surface area contributed by atoms with Gasteiger partial charge in [0.05, 0.1) is 0 Å². The van der Waals surface area contributed by atoms with Crippen LogP contribution in [0.15, 0.2) is 24.3 Å². The molecule has 0 aromatic heterocycles. The molecular formula is C13H18N4O2. The number of amides is 2. The molecule has 1 unspecified atom stereocenters. The maximum Gasteiger partial charge on any atom is 0.254 e. The Morgan fingerprint density at radius 2 is 2.16 bits per heavy atom. The molecule has 2 rings (SSSR count). The van der Waals surface area contributed by atoms with Crippen molar-refractivity contribution in [1.29, 1.82) is 0 Å². The fourth-order valence-electron chi connectivity index (χ4n) is 2.24. The molecule has 1 aliphatic heterocycles. The lowest BCUT2D eigenvalue weighted by Gasteiger charge is -2.34. The molecule has 0 saturated carbocycles. The Balaban J connectivity index is 2.19. The van der Waals surface area contributed by atoms with E-state index in [4.69, 9.17) is 5.84 Å². The highest BCUT2D eigenvalue weighted by Crippen LogP contribution is 2.15. The molecule has 1 atom stereocenters. The van der Waals surface area contributed by atoms with Crippen molar-refractivity contribution in [2.75, 3.05) is 18.5 Å². The van der Waals surface area contributed by atoms with Crippen molar-refractivity contribution in [3.63, 3.8) is 0 Å². The minimum Gasteiger partial charge on any atom is -0.353 e. The minimum atomic E-state index is -0.381. The average Bonchev–Trinajstić information content (AvgIpc) is 2.46. The van der Waals surface area contributed by atoms with Gasteiger partial charge in [0.2, 0.25) is 5.91 Å². The molecule has 4 N–H and O–H groups in total. The zero-order chi connectivity index (χ0) is 13.8. The van der Waals surface area contributed by atoms with E-state index < -0.39 is 0 Å². The second kappa shape index (κ2) is 5.71. The van der Waals surface area contributed by atoms with Gasteiger partial charge in [-0.25, -0.2) is 0 Å². The first-order valence-corrected chi connectivity index (χ1v) is 6.32. The number of nitrogens with two attached hydrogens (primary N) is 1. The first kappa shape index (κ1) is 13.4. The van der Waals surface area contributed by atoms with Crippen molar-refractivity contribution in [2.45, 2.75) is 19.4 Å². The van der Waals surface area contributed by atoms with E-state index in [0.29, 0.717) is 25.1 Å². The van der Waals surface area contributed by atoms with E-state index in [0.717, 1.165) is 5.69 Å². The SMILES string of the molecule is CCC1C(=O)NCCN1C(=O)c1ccc(NN)cc1. The largest absolute Gasteiger partial charge is 0.353 e. The van der Waals surface area contributed by atoms with Gasteiger partial charge in [-0.2, -0.15) is 0 Å². The van der Waals surface area contributed by atoms with E-state index in [-0.39, 0.29) is 17.9 Å². The quantitative estimate of drug-likeness (QED) is 0.541. The van der Waals surface area contributed by atoms with Crippen LogP contribution in [-0.2, 0) is 4.79 Å². The van der Waals surface area contributed by atoms with E-state index in [1.54, 1.807) is 29.2 Å². The number of carbonyl (C=O) groups is 2. The Labute approximate surface area is 111 Å². The molecule has 1 aromatic carbocycles. The number of nitrogens with zero attached hydrogens (tertiary/aromatic N) is 1. The zero-order valence-electron chi connectivity index (χ0n) is 10.8. The van der Waals surface area contributed by atoms with Gasteiger partial charge in [-0.3, -0.25) is 15.4 Å². The predicted octanol–water partition coefficient (Wildman–Crippen LogP) is 0.323. The smallest absolute Gasteiger partial charge is 0.254 e. The van der Waals surface area contributed by atoms with Crippen LogP contribution in [0.3, 0.4) is 0 Å². The van der Waals surface area contributed by atoms with Crippen LogP contribution in [0.25, 0.3) is 0 Å². The number of hydrazine groups is 1. The molecule has 0 aliphatic carbocycles. The number of carbonyl (C=O) groups excluding carboxylic acids is 2. The summed E-state index contributed by atoms with van der Waals surface area (Å²) in [5.41, 5.74) is 3.81. The molecule has 0 radical (unpaired) electrons. The zero-order valence-corrected chi connectivity index (χ0v) is 10.8. The average molecular weight is 262 g/mol. The molecular weight excluding hydrogens is 244 g/mol. The van der Waals surface area contributed by atoms with Crippen LogP contribution < -0.4 is 16.6 Å². The molecule has 102 valence electrons. The van der Waals surface area contributed by atoms with Gasteiger partial charge in [-0.1, -0.05) is 6.92 Å². The van der Waals surface area contributed by atoms with E-state index >= 15 is 0 Å². The van der Waals surface area contributed by atoms with Gasteiger partial charge in [-0.05, 0) is 30.7 Å². The first-order chi connectivity index (χ1) is 9.17. The fourth-order valence-corrected chi connectivity index (χ4v) is 2.24. The monoisotopic (exact) mass is 262 g/mol. The van der Waals surface area contributed by atoms with Gasteiger partial charge in [0.15, 0.2) is 0 Å². The molecule has 0 spiro atoms. The molecule has 1 aliphatic rings. The first-order valence-electron chi connectivity index (χ1n) is 6.32. The second-order valence-electron chi connectivity index (χ2n) is 4.44. The third kappa shape index (κ3) is 2.68. The number of rotatable bonds is 3. The van der Waals surface area contributed by atoms with Crippen molar-refractivity contribution < 1.29 is 9.59 Å². The standard InChI is InChI=1S/C13H18N4O2/c1-2-11-12(18)15-7-8-17(11)13(19)9-3-5-10(16-14)6-4-9/h3-6,11,16H,2,7-8,14H2,1H3,(H,15,18). The number of nitrogen functional groups attached to an aromatic ring is 1. The molecule has 0 bridgehead atoms. The Morgan fingerprint density at radius 1 is 1.47 bits per heavy atom. The highest BCUT2D eigenvalue weighted by atomic mass is 16.2. The lowest BCUT2D eigenvalue weighted by Crippen LogP contribution is -2.56. The number of anilines is 1. The van der Waals surface area contributed by atoms with Gasteiger partial charge < -0.3 is 15.6 Å². The molecule has 1 heterocycles. The van der Waals surface area contributed by atoms with Crippen LogP contribution >= 0.6 is 0 Å². The Morgan fingerprint density at radius 3 is 2.74 bits per heavy atom. The third-order valence-electron chi connectivity index (χ3n) is 3.28. The maximum absolute atomic E-state index is 12.4. The van der Waals surface area contributed by atoms with Crippen molar-refractivity contribution in [2.24, 2.45) is 5.84 Å². The summed E-state index contributed by atoms with van der Waals surface area (Å²) in [7, 11) is 0. The molecule has 6 nitrogen and oxygen atoms in total. The molecule has 1 saturated heterocycles. The summed E-state index contributed by atoms with van der Waals surface area (Å²) in [6.07, 6.45) is 0.611. The molecule has 1 aromatic rings. The summed E-state index contributed by atoms with van der Waals surface area (Å²) in [5, 5.41) is 2.78. The van der Waals surface area contributed by atoms with Gasteiger partial charge in [0, 0.05) is 24.3 Å². The van der Waals surface area contributed by atoms with Crippen LogP contribution in [0.4, 0.5) is 5.69 Å². The van der Waals surface area contributed by atoms with Crippen molar-refractivity contribution >= 4 is 17.5 Å². The Bertz CT molecular complexity index is 472. The lowest BCUT2D eigenvalue weighted by molar-refractivity contribution is -0.127. The number of piperazine rings is 1. The summed E-state index contributed by atoms with van der Waals surface area (Å²) < 4.78 is 0. The number of benzene rings is 1. The van der Waals surface area contributed by atoms with Crippen molar-refractivity contribution in [1.82, 2.24) is 10.2 Å². The van der Waals surface area contributed by atoms with Crippen LogP contribution in [0.1, 0.15) is 23.7 Å². The van der Waals surface area contributed by atoms with Gasteiger partial charge in [-0.15, -0.1) is 0 Å². The summed E-state index contributed by atoms with van der Waals surface area (Å²) in [4.78, 5) is 25.8. The van der Waals surface area contributed by atoms with Crippen molar-refractivity contribution in [3.8, 4) is 0 Å². The van der Waals surface area contributed by atoms with Gasteiger partial charge in [0.1, 0.15) is 6.04 Å². The molecule has 1 fully saturated rings. The molecule has 2 amide bonds. The van der Waals surface area contributed by atoms with E-state index in [1.807, 2.05) is 6.92 Å². The number of hydrogen-bond donors (Lipinski definition) is 3. The third-order valence-corrected chi connectivity index (χ3v) is 3.28. The molecule has 6 heteroatoms. The minimum absolute atomic E-state index is 0.0812. The van der Waals surface area contributed by atoms with E-state index in [9.17, 15) is 9.59 Å². The van der Waals surface area contributed by atoms with E-state index in [2.05, 4.69) is 10.7 Å². The van der Waals surface area contributed by atoms with Crippen LogP contribution in [0.2, 0.25) is 0 Å².